The van der Waals surface area contributed by atoms with Crippen molar-refractivity contribution in [3.8, 4) is 0 Å². The summed E-state index contributed by atoms with van der Waals surface area (Å²) in [6, 6.07) is 0. The summed E-state index contributed by atoms with van der Waals surface area (Å²) in [7, 11) is -6.24. The number of esters is 3. The van der Waals surface area contributed by atoms with Crippen molar-refractivity contribution >= 4 is 28.0 Å². The Hall–Kier alpha value is -2.32. The molecule has 1 aliphatic heterocycles. The molecule has 20 heteroatoms. The molecule has 0 amide bonds. The topological polar surface area (TPSA) is 152 Å². The van der Waals surface area contributed by atoms with Crippen molar-refractivity contribution in [1.29, 1.82) is 0 Å². The number of hydrogen-bond donors (Lipinski definition) is 1. The molecule has 3 atom stereocenters. The van der Waals surface area contributed by atoms with Crippen LogP contribution in [0.1, 0.15) is 19.3 Å². The largest absolute Gasteiger partial charge is 0.490 e. The zero-order valence-corrected chi connectivity index (χ0v) is 19.5. The Labute approximate surface area is 207 Å². The first kappa shape index (κ1) is 30.2. The fraction of sp³-hybridized carbons (Fsp3) is 0.833. The Morgan fingerprint density at radius 2 is 1.32 bits per heavy atom. The van der Waals surface area contributed by atoms with Gasteiger partial charge in [0.25, 0.3) is 0 Å². The van der Waals surface area contributed by atoms with Crippen molar-refractivity contribution in [2.75, 3.05) is 26.4 Å². The smallest absolute Gasteiger partial charge is 0.458 e. The van der Waals surface area contributed by atoms with Gasteiger partial charge in [0.15, 0.2) is 6.10 Å². The Balaban J connectivity index is 1.82. The van der Waals surface area contributed by atoms with Crippen LogP contribution in [0.4, 0.5) is 35.1 Å². The number of alkyl halides is 8. The monoisotopic (exact) mass is 594 g/mol. The third kappa shape index (κ3) is 5.67. The first-order valence-corrected chi connectivity index (χ1v) is 11.9. The Morgan fingerprint density at radius 3 is 1.74 bits per heavy atom. The summed E-state index contributed by atoms with van der Waals surface area (Å²) in [6.07, 6.45) is -12.1. The maximum atomic E-state index is 13.8. The molecule has 218 valence electrons. The van der Waals surface area contributed by atoms with Gasteiger partial charge in [0.05, 0.1) is 18.6 Å². The first-order chi connectivity index (χ1) is 17.1. The molecule has 11 nitrogen and oxygen atoms in total. The lowest BCUT2D eigenvalue weighted by atomic mass is 9.86. The number of carbonyl (C=O) groups is 3. The molecule has 1 heterocycles. The van der Waals surface area contributed by atoms with Crippen LogP contribution in [0.15, 0.2) is 0 Å². The van der Waals surface area contributed by atoms with Gasteiger partial charge < -0.3 is 23.7 Å². The molecule has 0 radical (unpaired) electrons. The highest BCUT2D eigenvalue weighted by Gasteiger charge is 2.67. The minimum atomic E-state index is -6.24. The van der Waals surface area contributed by atoms with E-state index in [1.54, 1.807) is 0 Å². The van der Waals surface area contributed by atoms with Gasteiger partial charge >= 0.3 is 45.6 Å². The van der Waals surface area contributed by atoms with Crippen LogP contribution in [0.25, 0.3) is 0 Å². The van der Waals surface area contributed by atoms with E-state index < -0.39 is 101 Å². The fourth-order valence-corrected chi connectivity index (χ4v) is 4.77. The summed E-state index contributed by atoms with van der Waals surface area (Å²) in [5.74, 6) is -11.7. The van der Waals surface area contributed by atoms with Crippen LogP contribution < -0.4 is 0 Å². The molecule has 3 rings (SSSR count). The van der Waals surface area contributed by atoms with Crippen LogP contribution in [-0.4, -0.2) is 86.8 Å². The van der Waals surface area contributed by atoms with E-state index in [0.29, 0.717) is 0 Å². The third-order valence-corrected chi connectivity index (χ3v) is 7.17. The van der Waals surface area contributed by atoms with Crippen molar-refractivity contribution < 1.29 is 86.2 Å². The van der Waals surface area contributed by atoms with Gasteiger partial charge in [0.2, 0.25) is 5.79 Å². The van der Waals surface area contributed by atoms with E-state index in [1.807, 2.05) is 0 Å². The van der Waals surface area contributed by atoms with Crippen molar-refractivity contribution in [3.05, 3.63) is 0 Å². The van der Waals surface area contributed by atoms with Gasteiger partial charge in [0, 0.05) is 11.8 Å². The minimum absolute atomic E-state index is 0.120. The molecule has 0 aromatic carbocycles. The molecule has 2 bridgehead atoms. The molecule has 2 aliphatic carbocycles. The first-order valence-electron chi connectivity index (χ1n) is 10.5. The number of fused-ring (bicyclic) bond motifs is 3. The van der Waals surface area contributed by atoms with Gasteiger partial charge in [-0.3, -0.25) is 4.55 Å². The summed E-state index contributed by atoms with van der Waals surface area (Å²) in [6.45, 7) is -4.53. The molecular formula is C18H18F8O11S. The second-order valence-corrected chi connectivity index (χ2v) is 10.5. The highest BCUT2D eigenvalue weighted by molar-refractivity contribution is 7.87. The van der Waals surface area contributed by atoms with Gasteiger partial charge in [0.1, 0.15) is 13.2 Å². The van der Waals surface area contributed by atoms with E-state index in [1.165, 1.54) is 0 Å². The molecule has 1 N–H and O–H groups in total. The van der Waals surface area contributed by atoms with Crippen LogP contribution >= 0.6 is 0 Å². The second-order valence-electron chi connectivity index (χ2n) is 9.03. The Bertz CT molecular complexity index is 1030. The van der Waals surface area contributed by atoms with E-state index >= 15 is 0 Å². The predicted octanol–water partition coefficient (Wildman–Crippen LogP) is 1.75. The maximum absolute atomic E-state index is 13.8. The highest BCUT2D eigenvalue weighted by atomic mass is 32.2. The normalized spacial score (nSPS) is 26.7. The van der Waals surface area contributed by atoms with Gasteiger partial charge in [-0.05, 0) is 19.3 Å². The number of carbonyl (C=O) groups excluding carboxylic acids is 3. The van der Waals surface area contributed by atoms with Gasteiger partial charge in [-0.2, -0.15) is 43.5 Å². The molecule has 0 aromatic rings. The summed E-state index contributed by atoms with van der Waals surface area (Å²) in [4.78, 5) is 34.2. The predicted molar refractivity (Wildman–Crippen MR) is 98.3 cm³/mol. The number of rotatable bonds is 7. The molecule has 3 unspecified atom stereocenters. The van der Waals surface area contributed by atoms with E-state index in [-0.39, 0.29) is 19.3 Å². The molecule has 1 spiro atoms. The zero-order valence-electron chi connectivity index (χ0n) is 18.6. The molecule has 0 aromatic heterocycles. The lowest BCUT2D eigenvalue weighted by Crippen LogP contribution is -2.62. The lowest BCUT2D eigenvalue weighted by Gasteiger charge is -2.49. The molecule has 1 saturated heterocycles. The van der Waals surface area contributed by atoms with Crippen molar-refractivity contribution in [2.45, 2.75) is 48.8 Å². The van der Waals surface area contributed by atoms with Crippen LogP contribution in [0.5, 0.6) is 0 Å². The summed E-state index contributed by atoms with van der Waals surface area (Å²) < 4.78 is 157. The van der Waals surface area contributed by atoms with Crippen LogP contribution in [0.2, 0.25) is 0 Å². The number of ether oxygens (including phenoxy) is 5. The summed E-state index contributed by atoms with van der Waals surface area (Å²) in [5, 5.41) is -5.38. The van der Waals surface area contributed by atoms with Crippen molar-refractivity contribution in [3.63, 3.8) is 0 Å². The molecular weight excluding hydrogens is 576 g/mol. The maximum Gasteiger partial charge on any atom is 0.490 e. The molecule has 3 aliphatic rings. The summed E-state index contributed by atoms with van der Waals surface area (Å²) in [5.41, 5.74) is -2.15. The SMILES string of the molecule is O=C(OCC1(COC(=O)C(F)(F)F)COC2(OC1)C1CCC(C1)C2OC(=O)C(F)(F)S(=O)(=O)O)C(F)(F)F. The van der Waals surface area contributed by atoms with E-state index in [2.05, 4.69) is 14.2 Å². The lowest BCUT2D eigenvalue weighted by molar-refractivity contribution is -0.361. The zero-order chi connectivity index (χ0) is 28.9. The van der Waals surface area contributed by atoms with E-state index in [0.717, 1.165) is 0 Å². The van der Waals surface area contributed by atoms with E-state index in [4.69, 9.17) is 14.0 Å². The molecule has 2 saturated carbocycles. The average molecular weight is 594 g/mol. The minimum Gasteiger partial charge on any atom is -0.458 e. The quantitative estimate of drug-likeness (QED) is 0.199. The third-order valence-electron chi connectivity index (χ3n) is 6.35. The van der Waals surface area contributed by atoms with E-state index in [9.17, 15) is 57.9 Å². The molecule has 3 fully saturated rings. The van der Waals surface area contributed by atoms with Gasteiger partial charge in [-0.15, -0.1) is 0 Å². The number of halogens is 8. The number of hydrogen-bond acceptors (Lipinski definition) is 10. The Kier molecular flexibility index (Phi) is 7.72. The summed E-state index contributed by atoms with van der Waals surface area (Å²) >= 11 is 0. The van der Waals surface area contributed by atoms with Gasteiger partial charge in [-0.1, -0.05) is 0 Å². The van der Waals surface area contributed by atoms with Crippen LogP contribution in [-0.2, 0) is 48.2 Å². The van der Waals surface area contributed by atoms with Gasteiger partial charge in [-0.25, -0.2) is 14.4 Å². The van der Waals surface area contributed by atoms with Crippen LogP contribution in [0, 0.1) is 17.3 Å². The average Bonchev–Trinajstić information content (AvgIpc) is 3.37. The standard InChI is InChI=1S/C18H18F8O11S/c19-16(20,21)11(27)33-4-14(5-34-12(28)17(22,23)24)6-35-15(36-7-14)9-2-1-8(3-9)10(15)37-13(29)18(25,26)38(30,31)32/h8-10H,1-7H2,(H,30,31,32). The highest BCUT2D eigenvalue weighted by Crippen LogP contribution is 2.57. The van der Waals surface area contributed by atoms with Crippen molar-refractivity contribution in [1.82, 2.24) is 0 Å². The fourth-order valence-electron chi connectivity index (χ4n) is 4.51. The molecule has 38 heavy (non-hydrogen) atoms. The van der Waals surface area contributed by atoms with Crippen LogP contribution in [0.3, 0.4) is 0 Å². The Morgan fingerprint density at radius 1 is 0.842 bits per heavy atom. The van der Waals surface area contributed by atoms with Crippen molar-refractivity contribution in [2.24, 2.45) is 17.3 Å². The second kappa shape index (κ2) is 9.70.